The average Bonchev–Trinajstić information content (AvgIpc) is 3.49. The summed E-state index contributed by atoms with van der Waals surface area (Å²) < 4.78 is 7.66. The fourth-order valence-corrected chi connectivity index (χ4v) is 5.41. The number of amides is 2. The van der Waals surface area contributed by atoms with Crippen molar-refractivity contribution < 1.29 is 29.0 Å². The van der Waals surface area contributed by atoms with Gasteiger partial charge in [0.15, 0.2) is 5.78 Å². The van der Waals surface area contributed by atoms with Crippen molar-refractivity contribution in [2.75, 3.05) is 24.6 Å². The Balaban J connectivity index is 1.26. The molecule has 1 aliphatic heterocycles. The zero-order valence-corrected chi connectivity index (χ0v) is 25.4. The second-order valence-corrected chi connectivity index (χ2v) is 11.1. The number of hydrogen-bond acceptors (Lipinski definition) is 6. The molecular weight excluding hydrogens is 572 g/mol. The van der Waals surface area contributed by atoms with Crippen LogP contribution in [0.1, 0.15) is 63.1 Å². The van der Waals surface area contributed by atoms with Crippen molar-refractivity contribution in [1.29, 1.82) is 0 Å². The van der Waals surface area contributed by atoms with E-state index < -0.39 is 5.97 Å². The van der Waals surface area contributed by atoms with Crippen molar-refractivity contribution in [3.8, 4) is 16.9 Å². The van der Waals surface area contributed by atoms with Gasteiger partial charge in [0.25, 0.3) is 5.91 Å². The van der Waals surface area contributed by atoms with E-state index in [0.29, 0.717) is 54.9 Å². The number of aryl methyl sites for hydroxylation is 1. The topological polar surface area (TPSA) is 131 Å². The lowest BCUT2D eigenvalue weighted by Crippen LogP contribution is -2.37. The van der Waals surface area contributed by atoms with E-state index in [1.54, 1.807) is 34.0 Å². The number of anilines is 1. The summed E-state index contributed by atoms with van der Waals surface area (Å²) in [6, 6.07) is 18.5. The van der Waals surface area contributed by atoms with Crippen LogP contribution in [0.25, 0.3) is 11.1 Å². The zero-order valence-electron chi connectivity index (χ0n) is 25.4. The van der Waals surface area contributed by atoms with Gasteiger partial charge in [0, 0.05) is 48.8 Å². The van der Waals surface area contributed by atoms with Gasteiger partial charge in [0.2, 0.25) is 5.91 Å². The third kappa shape index (κ3) is 7.46. The third-order valence-corrected chi connectivity index (χ3v) is 7.93. The maximum absolute atomic E-state index is 13.3. The van der Waals surface area contributed by atoms with Gasteiger partial charge in [-0.1, -0.05) is 36.4 Å². The van der Waals surface area contributed by atoms with Crippen LogP contribution in [0.15, 0.2) is 73.1 Å². The highest BCUT2D eigenvalue weighted by Crippen LogP contribution is 2.36. The molecule has 4 aromatic rings. The first-order valence-electron chi connectivity index (χ1n) is 15.0. The smallest absolute Gasteiger partial charge is 0.305 e. The zero-order chi connectivity index (χ0) is 31.9. The van der Waals surface area contributed by atoms with Gasteiger partial charge in [0.05, 0.1) is 31.5 Å². The van der Waals surface area contributed by atoms with E-state index in [0.717, 1.165) is 28.0 Å². The quantitative estimate of drug-likeness (QED) is 0.212. The van der Waals surface area contributed by atoms with Crippen LogP contribution in [0.5, 0.6) is 5.75 Å². The second-order valence-electron chi connectivity index (χ2n) is 11.1. The van der Waals surface area contributed by atoms with E-state index in [2.05, 4.69) is 10.4 Å². The molecule has 0 saturated heterocycles. The van der Waals surface area contributed by atoms with E-state index in [-0.39, 0.29) is 37.0 Å². The number of ether oxygens (including phenoxy) is 1. The van der Waals surface area contributed by atoms with Crippen LogP contribution in [-0.2, 0) is 16.1 Å². The van der Waals surface area contributed by atoms with Crippen LogP contribution < -0.4 is 15.0 Å². The fraction of sp³-hybridized carbons (Fsp3) is 0.286. The van der Waals surface area contributed by atoms with Gasteiger partial charge in [-0.25, -0.2) is 0 Å². The molecule has 1 aliphatic rings. The number of Topliss-reactive ketones (excluding diaryl/α,β-unsaturated/α-hetero) is 1. The van der Waals surface area contributed by atoms with Crippen molar-refractivity contribution in [3.05, 3.63) is 101 Å². The molecule has 3 aromatic carbocycles. The number of aromatic nitrogens is 2. The van der Waals surface area contributed by atoms with Crippen molar-refractivity contribution >= 4 is 29.3 Å². The summed E-state index contributed by atoms with van der Waals surface area (Å²) in [5.74, 6) is -0.561. The summed E-state index contributed by atoms with van der Waals surface area (Å²) in [6.45, 7) is 5.25. The Labute approximate surface area is 261 Å². The SMILES string of the molecule is Cc1cccc(OCCCC(=O)N2CCC(=O)c3c(-c4cnn(Cc5cccc(C(=O)NCCC(=O)O)c5)c4)cccc32)c1C. The fourth-order valence-electron chi connectivity index (χ4n) is 5.41. The molecule has 0 saturated carbocycles. The monoisotopic (exact) mass is 608 g/mol. The highest BCUT2D eigenvalue weighted by Gasteiger charge is 2.29. The van der Waals surface area contributed by atoms with E-state index in [1.165, 1.54) is 0 Å². The highest BCUT2D eigenvalue weighted by atomic mass is 16.5. The molecule has 0 fully saturated rings. The van der Waals surface area contributed by atoms with Crippen LogP contribution in [0.2, 0.25) is 0 Å². The number of benzene rings is 3. The number of fused-ring (bicyclic) bond motifs is 1. The molecule has 232 valence electrons. The lowest BCUT2D eigenvalue weighted by atomic mass is 9.92. The Morgan fingerprint density at radius 2 is 1.82 bits per heavy atom. The molecule has 0 spiro atoms. The van der Waals surface area contributed by atoms with E-state index in [4.69, 9.17) is 9.84 Å². The Morgan fingerprint density at radius 1 is 1.02 bits per heavy atom. The molecule has 0 bridgehead atoms. The van der Waals surface area contributed by atoms with Crippen molar-refractivity contribution in [1.82, 2.24) is 15.1 Å². The Bertz CT molecular complexity index is 1740. The van der Waals surface area contributed by atoms with Crippen LogP contribution >= 0.6 is 0 Å². The molecule has 10 nitrogen and oxygen atoms in total. The number of carboxylic acid groups (broad SMARTS) is 1. The Morgan fingerprint density at radius 3 is 2.64 bits per heavy atom. The van der Waals surface area contributed by atoms with Gasteiger partial charge in [-0.2, -0.15) is 5.10 Å². The molecule has 0 atom stereocenters. The number of carboxylic acids is 1. The minimum atomic E-state index is -0.978. The molecule has 1 aromatic heterocycles. The van der Waals surface area contributed by atoms with E-state index in [9.17, 15) is 19.2 Å². The first-order chi connectivity index (χ1) is 21.7. The maximum Gasteiger partial charge on any atom is 0.305 e. The average molecular weight is 609 g/mol. The Kier molecular flexibility index (Phi) is 9.72. The molecular formula is C35H36N4O6. The lowest BCUT2D eigenvalue weighted by molar-refractivity contribution is -0.136. The third-order valence-electron chi connectivity index (χ3n) is 7.93. The first kappa shape index (κ1) is 31.2. The van der Waals surface area contributed by atoms with E-state index >= 15 is 0 Å². The number of aliphatic carboxylic acids is 1. The van der Waals surface area contributed by atoms with Crippen molar-refractivity contribution in [2.45, 2.75) is 46.1 Å². The molecule has 45 heavy (non-hydrogen) atoms. The molecule has 10 heteroatoms. The molecule has 0 radical (unpaired) electrons. The summed E-state index contributed by atoms with van der Waals surface area (Å²) in [5.41, 5.74) is 6.10. The highest BCUT2D eigenvalue weighted by molar-refractivity contribution is 6.12. The molecule has 5 rings (SSSR count). The standard InChI is InChI=1S/C35H36N4O6/c1-23-7-3-12-31(24(23)2)45-18-6-13-32(41)39-17-15-30(40)34-28(10-5-11-29(34)39)27-20-37-38(22-27)21-25-8-4-9-26(19-25)35(44)36-16-14-33(42)43/h3-5,7-12,19-20,22H,6,13-18,21H2,1-2H3,(H,36,44)(H,42,43). The van der Waals surface area contributed by atoms with Gasteiger partial charge in [-0.3, -0.25) is 23.9 Å². The Hall–Kier alpha value is -5.25. The van der Waals surface area contributed by atoms with Crippen molar-refractivity contribution in [3.63, 3.8) is 0 Å². The summed E-state index contributed by atoms with van der Waals surface area (Å²) in [5, 5.41) is 15.9. The van der Waals surface area contributed by atoms with Crippen LogP contribution in [0.3, 0.4) is 0 Å². The summed E-state index contributed by atoms with van der Waals surface area (Å²) in [6.07, 6.45) is 4.48. The lowest BCUT2D eigenvalue weighted by Gasteiger charge is -2.30. The van der Waals surface area contributed by atoms with Crippen molar-refractivity contribution in [2.24, 2.45) is 0 Å². The minimum Gasteiger partial charge on any atom is -0.493 e. The maximum atomic E-state index is 13.3. The summed E-state index contributed by atoms with van der Waals surface area (Å²) >= 11 is 0. The number of hydrogen-bond donors (Lipinski definition) is 2. The predicted octanol–water partition coefficient (Wildman–Crippen LogP) is 5.20. The number of nitrogens with one attached hydrogen (secondary N) is 1. The molecule has 0 unspecified atom stereocenters. The number of carbonyl (C=O) groups is 4. The molecule has 0 aliphatic carbocycles. The van der Waals surface area contributed by atoms with E-state index in [1.807, 2.05) is 62.5 Å². The van der Waals surface area contributed by atoms with Gasteiger partial charge in [-0.15, -0.1) is 0 Å². The first-order valence-corrected chi connectivity index (χ1v) is 15.0. The molecule has 2 N–H and O–H groups in total. The number of carbonyl (C=O) groups excluding carboxylic acids is 3. The molecule has 2 heterocycles. The van der Waals surface area contributed by atoms with Gasteiger partial charge >= 0.3 is 5.97 Å². The van der Waals surface area contributed by atoms with Crippen LogP contribution in [0.4, 0.5) is 5.69 Å². The van der Waals surface area contributed by atoms with Crippen LogP contribution in [0, 0.1) is 13.8 Å². The van der Waals surface area contributed by atoms with Gasteiger partial charge in [0.1, 0.15) is 5.75 Å². The van der Waals surface area contributed by atoms with Gasteiger partial charge in [-0.05, 0) is 66.8 Å². The number of rotatable bonds is 12. The normalized spacial score (nSPS) is 12.5. The second kappa shape index (κ2) is 14.0. The summed E-state index contributed by atoms with van der Waals surface area (Å²) in [4.78, 5) is 51.3. The minimum absolute atomic E-state index is 0.0164. The summed E-state index contributed by atoms with van der Waals surface area (Å²) in [7, 11) is 0. The largest absolute Gasteiger partial charge is 0.493 e. The predicted molar refractivity (Wildman–Crippen MR) is 170 cm³/mol. The number of nitrogens with zero attached hydrogens (tertiary/aromatic N) is 3. The number of ketones is 1. The van der Waals surface area contributed by atoms with Gasteiger partial charge < -0.3 is 20.1 Å². The van der Waals surface area contributed by atoms with Crippen LogP contribution in [-0.4, -0.2) is 58.2 Å². The molecule has 2 amide bonds.